The lowest BCUT2D eigenvalue weighted by molar-refractivity contribution is 0.271. The van der Waals surface area contributed by atoms with Gasteiger partial charge in [0.15, 0.2) is 11.6 Å². The summed E-state index contributed by atoms with van der Waals surface area (Å²) < 4.78 is 25.8. The molecule has 4 heteroatoms. The van der Waals surface area contributed by atoms with E-state index in [0.717, 1.165) is 25.6 Å². The molecule has 0 radical (unpaired) electrons. The minimum atomic E-state index is -0.837. The van der Waals surface area contributed by atoms with Crippen LogP contribution in [-0.2, 0) is 0 Å². The zero-order chi connectivity index (χ0) is 12.8. The minimum absolute atomic E-state index is 0.281. The predicted molar refractivity (Wildman–Crippen MR) is 65.7 cm³/mol. The molecule has 17 heavy (non-hydrogen) atoms. The first kappa shape index (κ1) is 14.1. The normalized spacial score (nSPS) is 13.1. The van der Waals surface area contributed by atoms with Gasteiger partial charge in [-0.2, -0.15) is 0 Å². The molecule has 2 nitrogen and oxygen atoms in total. The lowest BCUT2D eigenvalue weighted by atomic mass is 10.1. The third-order valence-corrected chi connectivity index (χ3v) is 2.81. The number of nitrogens with two attached hydrogens (primary N) is 1. The molecule has 2 N–H and O–H groups in total. The van der Waals surface area contributed by atoms with Crippen LogP contribution in [0, 0.1) is 11.6 Å². The topological polar surface area (TPSA) is 29.3 Å². The van der Waals surface area contributed by atoms with Crippen molar-refractivity contribution in [1.29, 1.82) is 0 Å². The van der Waals surface area contributed by atoms with E-state index < -0.39 is 11.6 Å². The van der Waals surface area contributed by atoms with Gasteiger partial charge in [0.2, 0.25) is 0 Å². The van der Waals surface area contributed by atoms with E-state index in [1.165, 1.54) is 6.07 Å². The van der Waals surface area contributed by atoms with E-state index in [1.54, 1.807) is 6.07 Å². The molecule has 0 bridgehead atoms. The van der Waals surface area contributed by atoms with Crippen molar-refractivity contribution in [1.82, 2.24) is 4.90 Å². The van der Waals surface area contributed by atoms with Crippen LogP contribution < -0.4 is 5.73 Å². The van der Waals surface area contributed by atoms with Crippen molar-refractivity contribution in [2.45, 2.75) is 26.3 Å². The van der Waals surface area contributed by atoms with Gasteiger partial charge in [-0.1, -0.05) is 19.9 Å². The summed E-state index contributed by atoms with van der Waals surface area (Å²) in [4.78, 5) is 2.20. The number of halogens is 2. The minimum Gasteiger partial charge on any atom is -0.323 e. The predicted octanol–water partition coefficient (Wildman–Crippen LogP) is 2.70. The number of hydrogen-bond donors (Lipinski definition) is 1. The van der Waals surface area contributed by atoms with Crippen molar-refractivity contribution in [3.63, 3.8) is 0 Å². The maximum absolute atomic E-state index is 13.1. The second-order valence-corrected chi connectivity index (χ2v) is 4.17. The van der Waals surface area contributed by atoms with Crippen LogP contribution in [0.3, 0.4) is 0 Å². The number of rotatable bonds is 6. The second-order valence-electron chi connectivity index (χ2n) is 4.17. The highest BCUT2D eigenvalue weighted by molar-refractivity contribution is 5.21. The summed E-state index contributed by atoms with van der Waals surface area (Å²) in [6.45, 7) is 6.70. The molecule has 1 aromatic rings. The van der Waals surface area contributed by atoms with Gasteiger partial charge in [0.1, 0.15) is 0 Å². The van der Waals surface area contributed by atoms with Gasteiger partial charge in [0.25, 0.3) is 0 Å². The van der Waals surface area contributed by atoms with Crippen LogP contribution in [0.25, 0.3) is 0 Å². The number of likely N-dealkylation sites (N-methyl/N-ethyl adjacent to an activating group) is 1. The van der Waals surface area contributed by atoms with Gasteiger partial charge in [-0.15, -0.1) is 0 Å². The van der Waals surface area contributed by atoms with E-state index in [2.05, 4.69) is 18.7 Å². The Morgan fingerprint density at radius 2 is 1.94 bits per heavy atom. The number of nitrogens with zero attached hydrogens (tertiary/aromatic N) is 1. The highest BCUT2D eigenvalue weighted by Gasteiger charge is 2.12. The summed E-state index contributed by atoms with van der Waals surface area (Å²) in [5.74, 6) is -1.67. The Balaban J connectivity index is 2.68. The molecule has 1 aromatic carbocycles. The van der Waals surface area contributed by atoms with E-state index in [9.17, 15) is 8.78 Å². The smallest absolute Gasteiger partial charge is 0.159 e. The molecule has 0 aromatic heterocycles. The van der Waals surface area contributed by atoms with Gasteiger partial charge in [0.05, 0.1) is 0 Å². The summed E-state index contributed by atoms with van der Waals surface area (Å²) in [5.41, 5.74) is 6.63. The van der Waals surface area contributed by atoms with Gasteiger partial charge < -0.3 is 10.6 Å². The maximum Gasteiger partial charge on any atom is 0.159 e. The fraction of sp³-hybridized carbons (Fsp3) is 0.538. The van der Waals surface area contributed by atoms with Crippen molar-refractivity contribution < 1.29 is 8.78 Å². The van der Waals surface area contributed by atoms with E-state index in [-0.39, 0.29) is 6.04 Å². The Kier molecular flexibility index (Phi) is 5.51. The van der Waals surface area contributed by atoms with Crippen molar-refractivity contribution in [2.75, 3.05) is 19.6 Å². The molecule has 1 unspecified atom stereocenters. The molecule has 96 valence electrons. The van der Waals surface area contributed by atoms with Crippen molar-refractivity contribution >= 4 is 0 Å². The molecule has 0 aliphatic rings. The summed E-state index contributed by atoms with van der Waals surface area (Å²) in [6, 6.07) is 3.57. The van der Waals surface area contributed by atoms with Crippen LogP contribution in [0.5, 0.6) is 0 Å². The summed E-state index contributed by atoms with van der Waals surface area (Å²) >= 11 is 0. The van der Waals surface area contributed by atoms with Gasteiger partial charge in [-0.05, 0) is 37.2 Å². The monoisotopic (exact) mass is 242 g/mol. The average molecular weight is 242 g/mol. The lowest BCUT2D eigenvalue weighted by Crippen LogP contribution is -2.32. The van der Waals surface area contributed by atoms with Gasteiger partial charge in [-0.25, -0.2) is 8.78 Å². The Hall–Kier alpha value is -1.00. The van der Waals surface area contributed by atoms with Crippen LogP contribution in [0.4, 0.5) is 8.78 Å². The van der Waals surface area contributed by atoms with Crippen LogP contribution in [0.1, 0.15) is 31.9 Å². The molecule has 0 saturated heterocycles. The molecule has 0 heterocycles. The summed E-state index contributed by atoms with van der Waals surface area (Å²) in [6.07, 6.45) is 1.05. The fourth-order valence-electron chi connectivity index (χ4n) is 1.82. The molecule has 0 aliphatic heterocycles. The maximum atomic E-state index is 13.1. The number of benzene rings is 1. The van der Waals surface area contributed by atoms with Crippen LogP contribution in [0.2, 0.25) is 0 Å². The molecule has 1 rings (SSSR count). The Morgan fingerprint density at radius 1 is 1.24 bits per heavy atom. The largest absolute Gasteiger partial charge is 0.323 e. The lowest BCUT2D eigenvalue weighted by Gasteiger charge is -2.23. The Bertz CT molecular complexity index is 355. The molecule has 1 atom stereocenters. The zero-order valence-corrected chi connectivity index (χ0v) is 10.4. The SMILES string of the molecule is CCCN(CC)CC(N)c1ccc(F)c(F)c1. The highest BCUT2D eigenvalue weighted by atomic mass is 19.2. The fourth-order valence-corrected chi connectivity index (χ4v) is 1.82. The van der Waals surface area contributed by atoms with E-state index in [4.69, 9.17) is 5.73 Å². The van der Waals surface area contributed by atoms with Crippen molar-refractivity contribution in [2.24, 2.45) is 5.73 Å². The van der Waals surface area contributed by atoms with Crippen molar-refractivity contribution in [3.05, 3.63) is 35.4 Å². The average Bonchev–Trinajstić information content (AvgIpc) is 2.31. The van der Waals surface area contributed by atoms with E-state index in [1.807, 2.05) is 0 Å². The first-order valence-corrected chi connectivity index (χ1v) is 6.01. The quantitative estimate of drug-likeness (QED) is 0.831. The third kappa shape index (κ3) is 4.06. The Morgan fingerprint density at radius 3 is 2.47 bits per heavy atom. The molecule has 0 fully saturated rings. The van der Waals surface area contributed by atoms with Crippen LogP contribution in [-0.4, -0.2) is 24.5 Å². The first-order valence-electron chi connectivity index (χ1n) is 6.01. The summed E-state index contributed by atoms with van der Waals surface area (Å²) in [5, 5.41) is 0. The summed E-state index contributed by atoms with van der Waals surface area (Å²) in [7, 11) is 0. The Labute approximate surface area is 101 Å². The zero-order valence-electron chi connectivity index (χ0n) is 10.4. The van der Waals surface area contributed by atoms with E-state index >= 15 is 0 Å². The molecular weight excluding hydrogens is 222 g/mol. The van der Waals surface area contributed by atoms with Crippen LogP contribution in [0.15, 0.2) is 18.2 Å². The standard InChI is InChI=1S/C13H20F2N2/c1-3-7-17(4-2)9-13(16)10-5-6-11(14)12(15)8-10/h5-6,8,13H,3-4,7,9,16H2,1-2H3. The molecule has 0 saturated carbocycles. The molecule has 0 amide bonds. The highest BCUT2D eigenvalue weighted by Crippen LogP contribution is 2.15. The second kappa shape index (κ2) is 6.67. The first-order chi connectivity index (χ1) is 8.08. The van der Waals surface area contributed by atoms with Gasteiger partial charge in [0, 0.05) is 12.6 Å². The number of hydrogen-bond acceptors (Lipinski definition) is 2. The molecule has 0 aliphatic carbocycles. The van der Waals surface area contributed by atoms with Gasteiger partial charge >= 0.3 is 0 Å². The molecular formula is C13H20F2N2. The van der Waals surface area contributed by atoms with Crippen molar-refractivity contribution in [3.8, 4) is 0 Å². The van der Waals surface area contributed by atoms with Gasteiger partial charge in [-0.3, -0.25) is 0 Å². The van der Waals surface area contributed by atoms with E-state index in [0.29, 0.717) is 12.1 Å². The molecule has 0 spiro atoms. The third-order valence-electron chi connectivity index (χ3n) is 2.81. The van der Waals surface area contributed by atoms with Crippen LogP contribution >= 0.6 is 0 Å².